The van der Waals surface area contributed by atoms with E-state index in [0.717, 1.165) is 16.7 Å². The smallest absolute Gasteiger partial charge is 0.341 e. The molecule has 0 unspecified atom stereocenters. The highest BCUT2D eigenvalue weighted by Crippen LogP contribution is 2.06. The van der Waals surface area contributed by atoms with Gasteiger partial charge in [-0.2, -0.15) is 0 Å². The molecule has 0 saturated heterocycles. The standard InChI is InChI=1S/C13H14N4O2.C11H12N4O.C7H7ClN2O2.C6H8N2.2CH4/c1-2-19-12(18)11-8-16-13(17-9-11)15-7-10-4-3-5-14-6-10;16-8-10-6-14-11(15-7-10)13-5-9-2-1-3-12-4-9;1-2-12-6(11)5-3-9-7(8)10-4-5;7-4-6-2-1-3-8-5-6;;/h3-6,8-9H,2,7H2,1H3,(H,15,16,17);1-4,6-7,16H,5,8H2,(H,13,14,15);3-4H,2H2,1H3;1-3,5H,4,7H2;2*1H4. The van der Waals surface area contributed by atoms with Crippen molar-refractivity contribution in [3.8, 4) is 0 Å². The average Bonchev–Trinajstić information content (AvgIpc) is 3.24. The molecule has 57 heavy (non-hydrogen) atoms. The Kier molecular flexibility index (Phi) is 24.5. The molecule has 0 aliphatic heterocycles. The second kappa shape index (κ2) is 28.8. The van der Waals surface area contributed by atoms with E-state index in [1.807, 2.05) is 36.4 Å². The van der Waals surface area contributed by atoms with Crippen LogP contribution < -0.4 is 16.4 Å². The molecular formula is C39H49ClN12O5. The second-order valence-corrected chi connectivity index (χ2v) is 10.9. The molecule has 0 amide bonds. The summed E-state index contributed by atoms with van der Waals surface area (Å²) in [6, 6.07) is 11.5. The van der Waals surface area contributed by atoms with Gasteiger partial charge in [0.1, 0.15) is 0 Å². The van der Waals surface area contributed by atoms with Crippen molar-refractivity contribution in [2.24, 2.45) is 5.73 Å². The van der Waals surface area contributed by atoms with Crippen molar-refractivity contribution in [1.29, 1.82) is 0 Å². The second-order valence-electron chi connectivity index (χ2n) is 10.5. The van der Waals surface area contributed by atoms with E-state index in [0.29, 0.717) is 61.4 Å². The van der Waals surface area contributed by atoms with Crippen molar-refractivity contribution in [2.45, 2.75) is 54.9 Å². The van der Waals surface area contributed by atoms with E-state index in [-0.39, 0.29) is 26.7 Å². The number of pyridine rings is 3. The first-order chi connectivity index (χ1) is 26.8. The molecule has 0 aliphatic carbocycles. The number of ether oxygens (including phenoxy) is 2. The molecule has 0 aliphatic rings. The summed E-state index contributed by atoms with van der Waals surface area (Å²) in [5, 5.41) is 15.1. The van der Waals surface area contributed by atoms with Crippen LogP contribution in [0.2, 0.25) is 5.28 Å². The summed E-state index contributed by atoms with van der Waals surface area (Å²) in [5.41, 5.74) is 9.83. The van der Waals surface area contributed by atoms with Gasteiger partial charge >= 0.3 is 11.9 Å². The summed E-state index contributed by atoms with van der Waals surface area (Å²) in [6.45, 7) is 5.90. The van der Waals surface area contributed by atoms with Crippen molar-refractivity contribution in [3.63, 3.8) is 0 Å². The number of rotatable bonds is 12. The third kappa shape index (κ3) is 19.6. The van der Waals surface area contributed by atoms with Gasteiger partial charge in [0.15, 0.2) is 0 Å². The van der Waals surface area contributed by atoms with Crippen LogP contribution in [0.1, 0.15) is 71.7 Å². The first-order valence-corrected chi connectivity index (χ1v) is 17.1. The van der Waals surface area contributed by atoms with Crippen LogP contribution in [0.4, 0.5) is 11.9 Å². The topological polar surface area (TPSA) is 239 Å². The molecule has 6 rings (SSSR count). The summed E-state index contributed by atoms with van der Waals surface area (Å²) in [7, 11) is 0. The van der Waals surface area contributed by atoms with Crippen LogP contribution in [0.15, 0.2) is 111 Å². The lowest BCUT2D eigenvalue weighted by Crippen LogP contribution is -2.08. The van der Waals surface area contributed by atoms with Gasteiger partial charge in [0.2, 0.25) is 17.2 Å². The quantitative estimate of drug-likeness (QED) is 0.0850. The highest BCUT2D eigenvalue weighted by Gasteiger charge is 2.08. The molecule has 0 fully saturated rings. The number of halogens is 1. The molecule has 302 valence electrons. The van der Waals surface area contributed by atoms with E-state index in [4.69, 9.17) is 31.9 Å². The Balaban J connectivity index is 0.000000391. The van der Waals surface area contributed by atoms with Crippen LogP contribution in [0.5, 0.6) is 0 Å². The van der Waals surface area contributed by atoms with Crippen LogP contribution in [0, 0.1) is 0 Å². The number of carbonyl (C=O) groups is 2. The first kappa shape index (κ1) is 48.5. The van der Waals surface area contributed by atoms with Crippen molar-refractivity contribution in [2.75, 3.05) is 23.8 Å². The van der Waals surface area contributed by atoms with E-state index < -0.39 is 11.9 Å². The van der Waals surface area contributed by atoms with Gasteiger partial charge in [0.25, 0.3) is 0 Å². The van der Waals surface area contributed by atoms with E-state index >= 15 is 0 Å². The number of nitrogens with two attached hydrogens (primary N) is 1. The van der Waals surface area contributed by atoms with Crippen molar-refractivity contribution < 1.29 is 24.2 Å². The molecule has 17 nitrogen and oxygen atoms in total. The van der Waals surface area contributed by atoms with E-state index in [1.165, 1.54) is 24.8 Å². The zero-order chi connectivity index (χ0) is 39.5. The summed E-state index contributed by atoms with van der Waals surface area (Å²) >= 11 is 5.42. The third-order valence-corrected chi connectivity index (χ3v) is 6.68. The predicted octanol–water partition coefficient (Wildman–Crippen LogP) is 5.76. The maximum Gasteiger partial charge on any atom is 0.341 e. The van der Waals surface area contributed by atoms with Crippen LogP contribution in [-0.2, 0) is 35.7 Å². The number of esters is 2. The van der Waals surface area contributed by atoms with Crippen LogP contribution in [0.25, 0.3) is 0 Å². The molecule has 18 heteroatoms. The number of carbonyl (C=O) groups excluding carboxylic acids is 2. The van der Waals surface area contributed by atoms with Crippen LogP contribution in [0.3, 0.4) is 0 Å². The number of nitrogens with zero attached hydrogens (tertiary/aromatic N) is 9. The monoisotopic (exact) mass is 800 g/mol. The number of hydrogen-bond acceptors (Lipinski definition) is 17. The summed E-state index contributed by atoms with van der Waals surface area (Å²) in [4.78, 5) is 57.8. The maximum absolute atomic E-state index is 11.4. The molecule has 6 heterocycles. The van der Waals surface area contributed by atoms with Crippen molar-refractivity contribution >= 4 is 35.4 Å². The van der Waals surface area contributed by atoms with Gasteiger partial charge in [-0.25, -0.2) is 39.5 Å². The Morgan fingerprint density at radius 2 is 1.00 bits per heavy atom. The number of aromatic nitrogens is 9. The number of aliphatic hydroxyl groups is 1. The van der Waals surface area contributed by atoms with Crippen LogP contribution in [-0.4, -0.2) is 75.1 Å². The highest BCUT2D eigenvalue weighted by atomic mass is 35.5. The number of anilines is 2. The Labute approximate surface area is 337 Å². The minimum atomic E-state index is -0.436. The molecule has 6 aromatic rings. The first-order valence-electron chi connectivity index (χ1n) is 16.7. The van der Waals surface area contributed by atoms with Gasteiger partial charge < -0.3 is 30.9 Å². The molecule has 0 atom stereocenters. The molecule has 0 bridgehead atoms. The largest absolute Gasteiger partial charge is 0.462 e. The molecule has 0 spiro atoms. The minimum absolute atomic E-state index is 0. The molecule has 5 N–H and O–H groups in total. The minimum Gasteiger partial charge on any atom is -0.462 e. The van der Waals surface area contributed by atoms with Gasteiger partial charge in [-0.15, -0.1) is 0 Å². The lowest BCUT2D eigenvalue weighted by Gasteiger charge is -2.05. The van der Waals surface area contributed by atoms with Gasteiger partial charge in [-0.3, -0.25) is 15.0 Å². The van der Waals surface area contributed by atoms with Crippen molar-refractivity contribution in [1.82, 2.24) is 44.9 Å². The Morgan fingerprint density at radius 1 is 0.614 bits per heavy atom. The Hall–Kier alpha value is -6.56. The normalized spacial score (nSPS) is 9.42. The molecule has 0 saturated carbocycles. The SMILES string of the molecule is C.C.CCOC(=O)c1cnc(Cl)nc1.CCOC(=O)c1cnc(NCc2cccnc2)nc1.NCc1cccnc1.OCc1cnc(NCc2cccnc2)nc1. The molecule has 0 radical (unpaired) electrons. The number of nitrogens with one attached hydrogen (secondary N) is 2. The van der Waals surface area contributed by atoms with Gasteiger partial charge in [-0.05, 0) is 60.3 Å². The highest BCUT2D eigenvalue weighted by molar-refractivity contribution is 6.28. The van der Waals surface area contributed by atoms with Gasteiger partial charge in [-0.1, -0.05) is 33.1 Å². The number of aliphatic hydroxyl groups excluding tert-OH is 1. The van der Waals surface area contributed by atoms with E-state index in [9.17, 15) is 9.59 Å². The van der Waals surface area contributed by atoms with Gasteiger partial charge in [0, 0.05) is 99.6 Å². The Morgan fingerprint density at radius 3 is 1.33 bits per heavy atom. The zero-order valence-electron chi connectivity index (χ0n) is 30.2. The maximum atomic E-state index is 11.4. The molecule has 0 aromatic carbocycles. The molecule has 6 aromatic heterocycles. The third-order valence-electron chi connectivity index (χ3n) is 6.49. The fourth-order valence-corrected chi connectivity index (χ4v) is 3.88. The zero-order valence-corrected chi connectivity index (χ0v) is 31.0. The molecular weight excluding hydrogens is 752 g/mol. The fraction of sp³-hybridized carbons (Fsp3) is 0.256. The Bertz CT molecular complexity index is 1930. The fourth-order valence-electron chi connectivity index (χ4n) is 3.79. The lowest BCUT2D eigenvalue weighted by molar-refractivity contribution is 0.0515. The van der Waals surface area contributed by atoms with Crippen molar-refractivity contribution in [3.05, 3.63) is 149 Å². The van der Waals surface area contributed by atoms with Gasteiger partial charge in [0.05, 0.1) is 30.9 Å². The lowest BCUT2D eigenvalue weighted by atomic mass is 10.3. The van der Waals surface area contributed by atoms with E-state index in [2.05, 4.69) is 55.5 Å². The summed E-state index contributed by atoms with van der Waals surface area (Å²) < 4.78 is 9.56. The van der Waals surface area contributed by atoms with Crippen LogP contribution >= 0.6 is 11.6 Å². The number of hydrogen-bond donors (Lipinski definition) is 4. The predicted molar refractivity (Wildman–Crippen MR) is 218 cm³/mol. The average molecular weight is 801 g/mol. The van der Waals surface area contributed by atoms with E-state index in [1.54, 1.807) is 63.4 Å². The summed E-state index contributed by atoms with van der Waals surface area (Å²) in [5.74, 6) is 0.147. The summed E-state index contributed by atoms with van der Waals surface area (Å²) in [6.07, 6.45) is 19.2.